The van der Waals surface area contributed by atoms with Crippen LogP contribution in [0.2, 0.25) is 5.02 Å². The van der Waals surface area contributed by atoms with Gasteiger partial charge in [0.1, 0.15) is 0 Å². The van der Waals surface area contributed by atoms with Gasteiger partial charge in [0.25, 0.3) is 10.0 Å². The van der Waals surface area contributed by atoms with Crippen molar-refractivity contribution in [3.8, 4) is 0 Å². The van der Waals surface area contributed by atoms with Crippen LogP contribution in [0.3, 0.4) is 0 Å². The normalized spacial score (nSPS) is 11.3. The lowest BCUT2D eigenvalue weighted by Crippen LogP contribution is -2.13. The van der Waals surface area contributed by atoms with Crippen molar-refractivity contribution in [2.75, 3.05) is 4.72 Å². The number of anilines is 1. The van der Waals surface area contributed by atoms with E-state index in [1.54, 1.807) is 36.4 Å². The Bertz CT molecular complexity index is 735. The number of sulfonamides is 1. The molecule has 0 aliphatic carbocycles. The Hall–Kier alpha value is -1.08. The van der Waals surface area contributed by atoms with Crippen molar-refractivity contribution in [3.63, 3.8) is 0 Å². The van der Waals surface area contributed by atoms with Crippen LogP contribution < -0.4 is 10.5 Å². The van der Waals surface area contributed by atoms with Crippen LogP contribution in [0.15, 0.2) is 51.8 Å². The van der Waals surface area contributed by atoms with Gasteiger partial charge in [-0.1, -0.05) is 23.7 Å². The number of nitrogens with two attached hydrogens (primary N) is 1. The number of nitrogens with one attached hydrogen (secondary N) is 1. The molecule has 7 heteroatoms. The van der Waals surface area contributed by atoms with E-state index in [2.05, 4.69) is 20.7 Å². The fourth-order valence-corrected chi connectivity index (χ4v) is 3.68. The van der Waals surface area contributed by atoms with E-state index in [9.17, 15) is 8.42 Å². The number of hydrogen-bond donors (Lipinski definition) is 2. The molecular weight excluding hydrogens is 364 g/mol. The van der Waals surface area contributed by atoms with Gasteiger partial charge in [-0.15, -0.1) is 0 Å². The van der Waals surface area contributed by atoms with Gasteiger partial charge in [-0.05, 0) is 51.8 Å². The first-order valence-electron chi connectivity index (χ1n) is 5.69. The van der Waals surface area contributed by atoms with Crippen LogP contribution in [0.25, 0.3) is 0 Å². The fourth-order valence-electron chi connectivity index (χ4n) is 1.62. The van der Waals surface area contributed by atoms with Crippen molar-refractivity contribution in [1.82, 2.24) is 0 Å². The smallest absolute Gasteiger partial charge is 0.261 e. The summed E-state index contributed by atoms with van der Waals surface area (Å²) >= 11 is 9.09. The second-order valence-electron chi connectivity index (χ2n) is 4.08. The molecule has 0 spiro atoms. The molecule has 20 heavy (non-hydrogen) atoms. The number of benzene rings is 2. The molecule has 0 radical (unpaired) electrons. The summed E-state index contributed by atoms with van der Waals surface area (Å²) in [6.45, 7) is 0.286. The third-order valence-electron chi connectivity index (χ3n) is 2.62. The second kappa shape index (κ2) is 6.13. The van der Waals surface area contributed by atoms with Gasteiger partial charge >= 0.3 is 0 Å². The zero-order valence-electron chi connectivity index (χ0n) is 10.3. The molecule has 2 aromatic rings. The van der Waals surface area contributed by atoms with Crippen molar-refractivity contribution in [3.05, 3.63) is 57.5 Å². The van der Waals surface area contributed by atoms with E-state index in [4.69, 9.17) is 17.3 Å². The molecule has 4 nitrogen and oxygen atoms in total. The van der Waals surface area contributed by atoms with Gasteiger partial charge in [-0.25, -0.2) is 8.42 Å². The topological polar surface area (TPSA) is 72.2 Å². The van der Waals surface area contributed by atoms with Crippen molar-refractivity contribution in [2.24, 2.45) is 5.73 Å². The minimum absolute atomic E-state index is 0.169. The lowest BCUT2D eigenvalue weighted by Gasteiger charge is -2.10. The summed E-state index contributed by atoms with van der Waals surface area (Å²) in [4.78, 5) is 0.169. The van der Waals surface area contributed by atoms with Gasteiger partial charge in [-0.2, -0.15) is 0 Å². The maximum Gasteiger partial charge on any atom is 0.261 e. The second-order valence-corrected chi connectivity index (χ2v) is 7.05. The molecule has 0 fully saturated rings. The third kappa shape index (κ3) is 3.52. The molecule has 0 aromatic heterocycles. The molecule has 0 bridgehead atoms. The van der Waals surface area contributed by atoms with Crippen LogP contribution in [-0.2, 0) is 16.6 Å². The highest BCUT2D eigenvalue weighted by molar-refractivity contribution is 9.10. The predicted molar refractivity (Wildman–Crippen MR) is 84.3 cm³/mol. The van der Waals surface area contributed by atoms with Gasteiger partial charge in [0.2, 0.25) is 0 Å². The molecule has 0 saturated heterocycles. The SMILES string of the molecule is NCc1cccc(S(=O)(=O)Nc2ccc(Cl)cc2Br)c1. The van der Waals surface area contributed by atoms with Crippen LogP contribution in [-0.4, -0.2) is 8.42 Å². The Balaban J connectivity index is 2.35. The molecule has 3 N–H and O–H groups in total. The average Bonchev–Trinajstić information content (AvgIpc) is 2.42. The molecular formula is C13H12BrClN2O2S. The average molecular weight is 376 g/mol. The van der Waals surface area contributed by atoms with E-state index in [-0.39, 0.29) is 11.4 Å². The van der Waals surface area contributed by atoms with Crippen molar-refractivity contribution < 1.29 is 8.42 Å². The van der Waals surface area contributed by atoms with Crippen molar-refractivity contribution in [1.29, 1.82) is 0 Å². The zero-order chi connectivity index (χ0) is 14.8. The zero-order valence-corrected chi connectivity index (χ0v) is 13.5. The first-order valence-corrected chi connectivity index (χ1v) is 8.34. The molecule has 0 unspecified atom stereocenters. The monoisotopic (exact) mass is 374 g/mol. The Kier molecular flexibility index (Phi) is 4.70. The standard InChI is InChI=1S/C13H12BrClN2O2S/c14-12-7-10(15)4-5-13(12)17-20(18,19)11-3-1-2-9(6-11)8-16/h1-7,17H,8,16H2. The van der Waals surface area contributed by atoms with Gasteiger partial charge in [0.05, 0.1) is 10.6 Å². The molecule has 0 heterocycles. The third-order valence-corrected chi connectivity index (χ3v) is 4.87. The lowest BCUT2D eigenvalue weighted by molar-refractivity contribution is 0.601. The molecule has 0 aliphatic heterocycles. The van der Waals surface area contributed by atoms with Gasteiger partial charge in [0, 0.05) is 16.0 Å². The first kappa shape index (κ1) is 15.3. The van der Waals surface area contributed by atoms with Crippen molar-refractivity contribution in [2.45, 2.75) is 11.4 Å². The van der Waals surface area contributed by atoms with Crippen LogP contribution in [0.4, 0.5) is 5.69 Å². The molecule has 2 rings (SSSR count). The molecule has 0 atom stereocenters. The van der Waals surface area contributed by atoms with Crippen LogP contribution in [0.1, 0.15) is 5.56 Å². The number of rotatable bonds is 4. The maximum absolute atomic E-state index is 12.3. The Morgan fingerprint density at radius 2 is 1.95 bits per heavy atom. The Morgan fingerprint density at radius 1 is 1.20 bits per heavy atom. The first-order chi connectivity index (χ1) is 9.42. The highest BCUT2D eigenvalue weighted by Crippen LogP contribution is 2.28. The predicted octanol–water partition coefficient (Wildman–Crippen LogP) is 3.36. The Morgan fingerprint density at radius 3 is 2.60 bits per heavy atom. The van der Waals surface area contributed by atoms with E-state index >= 15 is 0 Å². The molecule has 0 saturated carbocycles. The number of hydrogen-bond acceptors (Lipinski definition) is 3. The van der Waals surface area contributed by atoms with Crippen molar-refractivity contribution >= 4 is 43.2 Å². The molecule has 0 aliphatic rings. The van der Waals surface area contributed by atoms with E-state index in [1.165, 1.54) is 6.07 Å². The summed E-state index contributed by atoms with van der Waals surface area (Å²) < 4.78 is 27.7. The largest absolute Gasteiger partial charge is 0.326 e. The van der Waals surface area contributed by atoms with Gasteiger partial charge in [-0.3, -0.25) is 4.72 Å². The van der Waals surface area contributed by atoms with E-state index in [1.807, 2.05) is 0 Å². The van der Waals surface area contributed by atoms with E-state index in [0.717, 1.165) is 5.56 Å². The highest BCUT2D eigenvalue weighted by Gasteiger charge is 2.16. The van der Waals surface area contributed by atoms with Crippen LogP contribution in [0, 0.1) is 0 Å². The summed E-state index contributed by atoms with van der Waals surface area (Å²) in [5, 5.41) is 0.518. The van der Waals surface area contributed by atoms with Gasteiger partial charge in [0.15, 0.2) is 0 Å². The lowest BCUT2D eigenvalue weighted by atomic mass is 10.2. The molecule has 0 amide bonds. The van der Waals surface area contributed by atoms with E-state index in [0.29, 0.717) is 15.2 Å². The fraction of sp³-hybridized carbons (Fsp3) is 0.0769. The van der Waals surface area contributed by atoms with Crippen LogP contribution >= 0.6 is 27.5 Å². The minimum Gasteiger partial charge on any atom is -0.326 e. The Labute approximate surface area is 131 Å². The summed E-state index contributed by atoms with van der Waals surface area (Å²) in [5.74, 6) is 0. The highest BCUT2D eigenvalue weighted by atomic mass is 79.9. The minimum atomic E-state index is -3.66. The molecule has 2 aromatic carbocycles. The van der Waals surface area contributed by atoms with Gasteiger partial charge < -0.3 is 5.73 Å². The van der Waals surface area contributed by atoms with E-state index < -0.39 is 10.0 Å². The summed E-state index contributed by atoms with van der Waals surface area (Å²) in [5.41, 5.74) is 6.69. The quantitative estimate of drug-likeness (QED) is 0.860. The molecule has 106 valence electrons. The summed E-state index contributed by atoms with van der Waals surface area (Å²) in [6.07, 6.45) is 0. The van der Waals surface area contributed by atoms with Crippen LogP contribution in [0.5, 0.6) is 0 Å². The maximum atomic E-state index is 12.3. The number of halogens is 2. The summed E-state index contributed by atoms with van der Waals surface area (Å²) in [7, 11) is -3.66. The summed E-state index contributed by atoms with van der Waals surface area (Å²) in [6, 6.07) is 11.3.